The molecule has 0 bridgehead atoms. The highest BCUT2D eigenvalue weighted by atomic mass is 19.1. The van der Waals surface area contributed by atoms with Gasteiger partial charge in [-0.15, -0.1) is 0 Å². The molecule has 1 nitrogen and oxygen atoms in total. The molecule has 1 atom stereocenters. The van der Waals surface area contributed by atoms with E-state index < -0.39 is 11.6 Å². The van der Waals surface area contributed by atoms with Gasteiger partial charge in [-0.1, -0.05) is 58.3 Å². The predicted octanol–water partition coefficient (Wildman–Crippen LogP) is 5.76. The van der Waals surface area contributed by atoms with Gasteiger partial charge in [-0.25, -0.2) is 8.78 Å². The molecule has 0 aliphatic heterocycles. The van der Waals surface area contributed by atoms with Crippen molar-refractivity contribution in [2.24, 2.45) is 0 Å². The Labute approximate surface area is 128 Å². The minimum Gasteiger partial charge on any atom is -0.313 e. The van der Waals surface area contributed by atoms with Crippen LogP contribution in [0.25, 0.3) is 0 Å². The van der Waals surface area contributed by atoms with Crippen molar-refractivity contribution in [1.29, 1.82) is 0 Å². The highest BCUT2D eigenvalue weighted by Gasteiger charge is 2.11. The van der Waals surface area contributed by atoms with Gasteiger partial charge in [0, 0.05) is 12.1 Å². The largest absolute Gasteiger partial charge is 0.313 e. The third-order valence-electron chi connectivity index (χ3n) is 3.98. The third-order valence-corrected chi connectivity index (χ3v) is 3.98. The van der Waals surface area contributed by atoms with Gasteiger partial charge in [-0.05, 0) is 31.2 Å². The Morgan fingerprint density at radius 2 is 1.38 bits per heavy atom. The summed E-state index contributed by atoms with van der Waals surface area (Å²) in [4.78, 5) is 0. The Hall–Kier alpha value is -0.960. The van der Waals surface area contributed by atoms with E-state index in [-0.39, 0.29) is 6.04 Å². The lowest BCUT2D eigenvalue weighted by atomic mass is 9.99. The minimum atomic E-state index is -0.499. The third kappa shape index (κ3) is 7.56. The Kier molecular flexibility index (Phi) is 9.24. The van der Waals surface area contributed by atoms with E-state index in [1.807, 2.05) is 7.05 Å². The van der Waals surface area contributed by atoms with Gasteiger partial charge in [0.2, 0.25) is 0 Å². The van der Waals surface area contributed by atoms with E-state index in [4.69, 9.17) is 0 Å². The molecule has 21 heavy (non-hydrogen) atoms. The number of rotatable bonds is 11. The molecule has 0 amide bonds. The number of unbranched alkanes of at least 4 members (excludes halogenated alkanes) is 7. The van der Waals surface area contributed by atoms with Crippen molar-refractivity contribution in [3.8, 4) is 0 Å². The number of hydrogen-bond donors (Lipinski definition) is 1. The molecule has 0 saturated heterocycles. The van der Waals surface area contributed by atoms with Crippen molar-refractivity contribution in [3.63, 3.8) is 0 Å². The molecule has 1 aromatic rings. The highest BCUT2D eigenvalue weighted by Crippen LogP contribution is 2.22. The van der Waals surface area contributed by atoms with Crippen LogP contribution in [0.15, 0.2) is 18.2 Å². The van der Waals surface area contributed by atoms with Crippen LogP contribution in [0.1, 0.15) is 76.3 Å². The molecule has 0 heterocycles. The molecule has 0 fully saturated rings. The summed E-state index contributed by atoms with van der Waals surface area (Å²) in [5.74, 6) is -0.998. The first kappa shape index (κ1) is 18.1. The van der Waals surface area contributed by atoms with Gasteiger partial charge in [0.1, 0.15) is 11.6 Å². The molecule has 0 aliphatic carbocycles. The van der Waals surface area contributed by atoms with Crippen LogP contribution in [0.4, 0.5) is 8.78 Å². The topological polar surface area (TPSA) is 12.0 Å². The van der Waals surface area contributed by atoms with Crippen LogP contribution in [0, 0.1) is 11.6 Å². The van der Waals surface area contributed by atoms with Crippen molar-refractivity contribution in [2.45, 2.75) is 70.8 Å². The maximum absolute atomic E-state index is 13.2. The molecule has 0 aliphatic rings. The average molecular weight is 297 g/mol. The van der Waals surface area contributed by atoms with Gasteiger partial charge in [0.25, 0.3) is 0 Å². The number of halogens is 2. The molecule has 0 saturated carbocycles. The zero-order valence-corrected chi connectivity index (χ0v) is 13.4. The minimum absolute atomic E-state index is 0.0373. The van der Waals surface area contributed by atoms with E-state index >= 15 is 0 Å². The number of nitrogens with one attached hydrogen (secondary N) is 1. The van der Waals surface area contributed by atoms with Crippen LogP contribution in [0.3, 0.4) is 0 Å². The van der Waals surface area contributed by atoms with Crippen LogP contribution in [-0.2, 0) is 0 Å². The molecule has 1 unspecified atom stereocenters. The molecule has 0 spiro atoms. The van der Waals surface area contributed by atoms with Crippen LogP contribution in [0.2, 0.25) is 0 Å². The van der Waals surface area contributed by atoms with Crippen molar-refractivity contribution in [2.75, 3.05) is 7.05 Å². The fourth-order valence-corrected chi connectivity index (χ4v) is 2.74. The van der Waals surface area contributed by atoms with Crippen LogP contribution in [0.5, 0.6) is 0 Å². The van der Waals surface area contributed by atoms with Crippen LogP contribution in [-0.4, -0.2) is 7.05 Å². The van der Waals surface area contributed by atoms with Crippen molar-refractivity contribution >= 4 is 0 Å². The molecular formula is C18H29F2N. The predicted molar refractivity (Wildman–Crippen MR) is 85.4 cm³/mol. The maximum atomic E-state index is 13.2. The first-order chi connectivity index (χ1) is 10.2. The summed E-state index contributed by atoms with van der Waals surface area (Å²) < 4.78 is 26.5. The van der Waals surface area contributed by atoms with E-state index in [1.165, 1.54) is 57.1 Å². The van der Waals surface area contributed by atoms with Crippen molar-refractivity contribution < 1.29 is 8.78 Å². The first-order valence-electron chi connectivity index (χ1n) is 8.30. The SMILES string of the molecule is CCCCCCCCCCC(NC)c1cc(F)cc(F)c1. The lowest BCUT2D eigenvalue weighted by Gasteiger charge is -2.16. The molecule has 1 rings (SSSR count). The van der Waals surface area contributed by atoms with E-state index in [0.717, 1.165) is 18.9 Å². The number of hydrogen-bond acceptors (Lipinski definition) is 1. The molecule has 0 aromatic heterocycles. The Bertz CT molecular complexity index is 373. The number of benzene rings is 1. The molecular weight excluding hydrogens is 268 g/mol. The summed E-state index contributed by atoms with van der Waals surface area (Å²) in [5, 5.41) is 3.16. The quantitative estimate of drug-likeness (QED) is 0.512. The average Bonchev–Trinajstić information content (AvgIpc) is 2.44. The summed E-state index contributed by atoms with van der Waals surface area (Å²) in [7, 11) is 1.85. The Balaban J connectivity index is 2.25. The second-order valence-electron chi connectivity index (χ2n) is 5.81. The second kappa shape index (κ2) is 10.7. The lowest BCUT2D eigenvalue weighted by molar-refractivity contribution is 0.487. The van der Waals surface area contributed by atoms with Gasteiger partial charge >= 0.3 is 0 Å². The highest BCUT2D eigenvalue weighted by molar-refractivity contribution is 5.21. The second-order valence-corrected chi connectivity index (χ2v) is 5.81. The molecule has 120 valence electrons. The summed E-state index contributed by atoms with van der Waals surface area (Å²) in [5.41, 5.74) is 0.706. The van der Waals surface area contributed by atoms with Gasteiger partial charge in [0.05, 0.1) is 0 Å². The normalized spacial score (nSPS) is 12.6. The first-order valence-corrected chi connectivity index (χ1v) is 8.30. The van der Waals surface area contributed by atoms with Gasteiger partial charge in [-0.3, -0.25) is 0 Å². The molecule has 1 N–H and O–H groups in total. The van der Waals surface area contributed by atoms with Crippen LogP contribution >= 0.6 is 0 Å². The Morgan fingerprint density at radius 1 is 0.857 bits per heavy atom. The summed E-state index contributed by atoms with van der Waals surface area (Å²) in [6.07, 6.45) is 11.1. The van der Waals surface area contributed by atoms with Crippen molar-refractivity contribution in [3.05, 3.63) is 35.4 Å². The zero-order chi connectivity index (χ0) is 15.5. The summed E-state index contributed by atoms with van der Waals surface area (Å²) >= 11 is 0. The van der Waals surface area contributed by atoms with Gasteiger partial charge in [0.15, 0.2) is 0 Å². The van der Waals surface area contributed by atoms with E-state index in [1.54, 1.807) is 0 Å². The fraction of sp³-hybridized carbons (Fsp3) is 0.667. The van der Waals surface area contributed by atoms with E-state index in [2.05, 4.69) is 12.2 Å². The molecule has 1 aromatic carbocycles. The van der Waals surface area contributed by atoms with Crippen LogP contribution < -0.4 is 5.32 Å². The smallest absolute Gasteiger partial charge is 0.126 e. The van der Waals surface area contributed by atoms with E-state index in [9.17, 15) is 8.78 Å². The van der Waals surface area contributed by atoms with Gasteiger partial charge < -0.3 is 5.32 Å². The Morgan fingerprint density at radius 3 is 1.90 bits per heavy atom. The monoisotopic (exact) mass is 297 g/mol. The fourth-order valence-electron chi connectivity index (χ4n) is 2.74. The summed E-state index contributed by atoms with van der Waals surface area (Å²) in [6.45, 7) is 2.23. The summed E-state index contributed by atoms with van der Waals surface area (Å²) in [6, 6.07) is 3.81. The maximum Gasteiger partial charge on any atom is 0.126 e. The molecule has 0 radical (unpaired) electrons. The zero-order valence-electron chi connectivity index (χ0n) is 13.4. The molecule has 3 heteroatoms. The van der Waals surface area contributed by atoms with Gasteiger partial charge in [-0.2, -0.15) is 0 Å². The van der Waals surface area contributed by atoms with Crippen molar-refractivity contribution in [1.82, 2.24) is 5.32 Å². The standard InChI is InChI=1S/C18H29F2N/c1-3-4-5-6-7-8-9-10-11-18(21-2)15-12-16(19)14-17(20)13-15/h12-14,18,21H,3-11H2,1-2H3. The van der Waals surface area contributed by atoms with E-state index in [0.29, 0.717) is 5.56 Å². The lowest BCUT2D eigenvalue weighted by Crippen LogP contribution is -2.16.